The molecular formula is C22H21ClN4O2. The maximum absolute atomic E-state index is 12.6. The fraction of sp³-hybridized carbons (Fsp3) is 0.227. The number of hydrogen-bond acceptors (Lipinski definition) is 5. The second-order valence-electron chi connectivity index (χ2n) is 6.90. The maximum Gasteiger partial charge on any atom is 0.253 e. The molecule has 1 fully saturated rings. The summed E-state index contributed by atoms with van der Waals surface area (Å²) in [6.45, 7) is 4.64. The zero-order chi connectivity index (χ0) is 20.2. The van der Waals surface area contributed by atoms with Crippen molar-refractivity contribution in [3.05, 3.63) is 77.1 Å². The third-order valence-corrected chi connectivity index (χ3v) is 5.15. The molecule has 0 saturated carbocycles. The van der Waals surface area contributed by atoms with Crippen molar-refractivity contribution >= 4 is 23.3 Å². The highest BCUT2D eigenvalue weighted by Gasteiger charge is 2.23. The highest BCUT2D eigenvalue weighted by molar-refractivity contribution is 6.32. The quantitative estimate of drug-likeness (QED) is 0.647. The number of aryl methyl sites for hydroxylation is 1. The Bertz CT molecular complexity index is 1000. The second-order valence-corrected chi connectivity index (χ2v) is 7.30. The van der Waals surface area contributed by atoms with E-state index < -0.39 is 0 Å². The second kappa shape index (κ2) is 8.49. The monoisotopic (exact) mass is 408 g/mol. The summed E-state index contributed by atoms with van der Waals surface area (Å²) in [6, 6.07) is 16.8. The van der Waals surface area contributed by atoms with Gasteiger partial charge in [0.15, 0.2) is 0 Å². The summed E-state index contributed by atoms with van der Waals surface area (Å²) in [4.78, 5) is 25.2. The van der Waals surface area contributed by atoms with Crippen LogP contribution in [0.5, 0.6) is 11.6 Å². The topological polar surface area (TPSA) is 58.6 Å². The van der Waals surface area contributed by atoms with Gasteiger partial charge in [-0.15, -0.1) is 0 Å². The molecule has 1 aromatic heterocycles. The van der Waals surface area contributed by atoms with Gasteiger partial charge in [0.05, 0.1) is 5.02 Å². The fourth-order valence-electron chi connectivity index (χ4n) is 3.26. The minimum atomic E-state index is 0.0612. The average Bonchev–Trinajstić information content (AvgIpc) is 2.77. The van der Waals surface area contributed by atoms with Crippen LogP contribution in [0.1, 0.15) is 15.9 Å². The van der Waals surface area contributed by atoms with Gasteiger partial charge >= 0.3 is 0 Å². The highest BCUT2D eigenvalue weighted by Crippen LogP contribution is 2.30. The fourth-order valence-corrected chi connectivity index (χ4v) is 3.42. The Kier molecular flexibility index (Phi) is 5.62. The van der Waals surface area contributed by atoms with E-state index in [9.17, 15) is 4.79 Å². The number of benzene rings is 2. The minimum Gasteiger partial charge on any atom is -0.437 e. The van der Waals surface area contributed by atoms with Gasteiger partial charge in [-0.2, -0.15) is 0 Å². The molecule has 0 spiro atoms. The highest BCUT2D eigenvalue weighted by atomic mass is 35.5. The van der Waals surface area contributed by atoms with Gasteiger partial charge in [-0.25, -0.2) is 9.97 Å². The Labute approximate surface area is 174 Å². The van der Waals surface area contributed by atoms with Crippen molar-refractivity contribution in [1.82, 2.24) is 14.9 Å². The Morgan fingerprint density at radius 2 is 1.76 bits per heavy atom. The lowest BCUT2D eigenvalue weighted by Crippen LogP contribution is -2.49. The van der Waals surface area contributed by atoms with Crippen LogP contribution in [-0.4, -0.2) is 47.0 Å². The number of anilines is 1. The first kappa shape index (κ1) is 19.2. The number of amides is 1. The standard InChI is InChI=1S/C22H21ClN4O2/c1-16-7-8-18(23)19(13-16)29-21-14-20(24-15-25-21)26-9-11-27(12-10-26)22(28)17-5-3-2-4-6-17/h2-8,13-15H,9-12H2,1H3. The molecule has 0 bridgehead atoms. The van der Waals surface area contributed by atoms with Crippen LogP contribution < -0.4 is 9.64 Å². The number of ether oxygens (including phenoxy) is 1. The molecule has 1 aliphatic heterocycles. The molecule has 2 aromatic carbocycles. The summed E-state index contributed by atoms with van der Waals surface area (Å²) >= 11 is 6.21. The number of piperazine rings is 1. The lowest BCUT2D eigenvalue weighted by molar-refractivity contribution is 0.0746. The number of halogens is 1. The maximum atomic E-state index is 12.6. The van der Waals surface area contributed by atoms with E-state index in [1.165, 1.54) is 6.33 Å². The number of nitrogens with zero attached hydrogens (tertiary/aromatic N) is 4. The summed E-state index contributed by atoms with van der Waals surface area (Å²) in [7, 11) is 0. The lowest BCUT2D eigenvalue weighted by atomic mass is 10.2. The van der Waals surface area contributed by atoms with E-state index in [1.807, 2.05) is 54.3 Å². The first-order valence-electron chi connectivity index (χ1n) is 9.45. The number of carbonyl (C=O) groups is 1. The van der Waals surface area contributed by atoms with Crippen LogP contribution in [0.15, 0.2) is 60.9 Å². The smallest absolute Gasteiger partial charge is 0.253 e. The van der Waals surface area contributed by atoms with E-state index in [1.54, 1.807) is 12.1 Å². The van der Waals surface area contributed by atoms with Gasteiger partial charge in [0.25, 0.3) is 5.91 Å². The van der Waals surface area contributed by atoms with Gasteiger partial charge in [-0.1, -0.05) is 35.9 Å². The zero-order valence-electron chi connectivity index (χ0n) is 16.1. The Morgan fingerprint density at radius 3 is 2.52 bits per heavy atom. The van der Waals surface area contributed by atoms with Crippen LogP contribution in [0.3, 0.4) is 0 Å². The SMILES string of the molecule is Cc1ccc(Cl)c(Oc2cc(N3CCN(C(=O)c4ccccc4)CC3)ncn2)c1. The first-order valence-corrected chi connectivity index (χ1v) is 9.83. The molecule has 0 atom stereocenters. The molecule has 0 N–H and O–H groups in total. The van der Waals surface area contributed by atoms with Gasteiger partial charge in [0.1, 0.15) is 17.9 Å². The molecule has 0 radical (unpaired) electrons. The van der Waals surface area contributed by atoms with Crippen molar-refractivity contribution in [3.8, 4) is 11.6 Å². The molecule has 1 aliphatic rings. The molecule has 0 aliphatic carbocycles. The van der Waals surface area contributed by atoms with Crippen molar-refractivity contribution in [1.29, 1.82) is 0 Å². The molecule has 7 heteroatoms. The minimum absolute atomic E-state index is 0.0612. The van der Waals surface area contributed by atoms with E-state index in [2.05, 4.69) is 14.9 Å². The molecule has 148 valence electrons. The third-order valence-electron chi connectivity index (χ3n) is 4.84. The van der Waals surface area contributed by atoms with Gasteiger partial charge < -0.3 is 14.5 Å². The van der Waals surface area contributed by atoms with Gasteiger partial charge in [0, 0.05) is 37.8 Å². The number of hydrogen-bond donors (Lipinski definition) is 0. The predicted octanol–water partition coefficient (Wildman–Crippen LogP) is 4.19. The van der Waals surface area contributed by atoms with Gasteiger partial charge in [-0.3, -0.25) is 4.79 Å². The van der Waals surface area contributed by atoms with Crippen LogP contribution in [0.25, 0.3) is 0 Å². The molecular weight excluding hydrogens is 388 g/mol. The van der Waals surface area contributed by atoms with Gasteiger partial charge in [0.2, 0.25) is 5.88 Å². The Hall–Kier alpha value is -3.12. The van der Waals surface area contributed by atoms with Crippen molar-refractivity contribution in [2.24, 2.45) is 0 Å². The molecule has 4 rings (SSSR count). The lowest BCUT2D eigenvalue weighted by Gasteiger charge is -2.35. The number of rotatable bonds is 4. The molecule has 29 heavy (non-hydrogen) atoms. The first-order chi connectivity index (χ1) is 14.1. The van der Waals surface area contributed by atoms with Crippen LogP contribution >= 0.6 is 11.6 Å². The van der Waals surface area contributed by atoms with Crippen molar-refractivity contribution < 1.29 is 9.53 Å². The molecule has 0 unspecified atom stereocenters. The average molecular weight is 409 g/mol. The summed E-state index contributed by atoms with van der Waals surface area (Å²) in [5.41, 5.74) is 1.77. The van der Waals surface area contributed by atoms with Crippen LogP contribution in [0.4, 0.5) is 5.82 Å². The van der Waals surface area contributed by atoms with Crippen LogP contribution in [-0.2, 0) is 0 Å². The third kappa shape index (κ3) is 4.49. The van der Waals surface area contributed by atoms with Crippen LogP contribution in [0.2, 0.25) is 5.02 Å². The largest absolute Gasteiger partial charge is 0.437 e. The predicted molar refractivity (Wildman–Crippen MR) is 113 cm³/mol. The van der Waals surface area contributed by atoms with E-state index in [0.29, 0.717) is 48.4 Å². The number of aromatic nitrogens is 2. The molecule has 3 aromatic rings. The van der Waals surface area contributed by atoms with Crippen LogP contribution in [0, 0.1) is 6.92 Å². The summed E-state index contributed by atoms with van der Waals surface area (Å²) in [5.74, 6) is 1.83. The van der Waals surface area contributed by atoms with E-state index in [-0.39, 0.29) is 5.91 Å². The molecule has 1 amide bonds. The zero-order valence-corrected chi connectivity index (χ0v) is 16.8. The van der Waals surface area contributed by atoms with Crippen molar-refractivity contribution in [2.75, 3.05) is 31.1 Å². The van der Waals surface area contributed by atoms with E-state index in [4.69, 9.17) is 16.3 Å². The summed E-state index contributed by atoms with van der Waals surface area (Å²) in [6.07, 6.45) is 1.48. The number of carbonyl (C=O) groups excluding carboxylic acids is 1. The Balaban J connectivity index is 1.42. The summed E-state index contributed by atoms with van der Waals surface area (Å²) < 4.78 is 5.86. The van der Waals surface area contributed by atoms with Gasteiger partial charge in [-0.05, 0) is 36.8 Å². The van der Waals surface area contributed by atoms with E-state index in [0.717, 1.165) is 11.4 Å². The normalized spacial score (nSPS) is 14.0. The molecule has 6 nitrogen and oxygen atoms in total. The van der Waals surface area contributed by atoms with E-state index >= 15 is 0 Å². The molecule has 1 saturated heterocycles. The molecule has 2 heterocycles. The summed E-state index contributed by atoms with van der Waals surface area (Å²) in [5, 5.41) is 0.531. The van der Waals surface area contributed by atoms with Crippen molar-refractivity contribution in [3.63, 3.8) is 0 Å². The van der Waals surface area contributed by atoms with Crippen molar-refractivity contribution in [2.45, 2.75) is 6.92 Å². The Morgan fingerprint density at radius 1 is 1.00 bits per heavy atom.